The second kappa shape index (κ2) is 44.4. The van der Waals surface area contributed by atoms with Crippen LogP contribution in [0.25, 0.3) is 0 Å². The molecule has 0 heterocycles. The number of hydrogen-bond acceptors (Lipinski definition) is 0. The van der Waals surface area contributed by atoms with Crippen molar-refractivity contribution in [2.45, 2.75) is 0 Å². The molecule has 0 aliphatic rings. The Morgan fingerprint density at radius 3 is 0.286 bits per heavy atom. The second-order valence-electron chi connectivity index (χ2n) is 0. The number of rotatable bonds is 0. The summed E-state index contributed by atoms with van der Waals surface area (Å²) in [6.45, 7) is 0. The summed E-state index contributed by atoms with van der Waals surface area (Å²) < 4.78 is 0. The number of hydrogen-bond donors (Lipinski definition) is 0. The monoisotopic (exact) mass is 392 g/mol. The average molecular weight is 396 g/mol. The van der Waals surface area contributed by atoms with Gasteiger partial charge in [-0.15, -0.1) is 67.9 Å². The molecule has 0 aromatic carbocycles. The van der Waals surface area contributed by atoms with E-state index in [-0.39, 0.29) is 157 Å². The van der Waals surface area contributed by atoms with Crippen LogP contribution in [0.5, 0.6) is 0 Å². The fourth-order valence-electron chi connectivity index (χ4n) is 0. The van der Waals surface area contributed by atoms with Crippen LogP contribution < -0.4 is 0 Å². The minimum atomic E-state index is 0. The quantitative estimate of drug-likeness (QED) is 0.520. The van der Waals surface area contributed by atoms with Crippen molar-refractivity contribution in [1.29, 1.82) is 0 Å². The van der Waals surface area contributed by atoms with E-state index in [0.29, 0.717) is 0 Å². The molecule has 0 nitrogen and oxygen atoms in total. The van der Waals surface area contributed by atoms with Gasteiger partial charge in [-0.05, 0) is 0 Å². The predicted octanol–water partition coefficient (Wildman–Crippen LogP) is 0.366. The van der Waals surface area contributed by atoms with Gasteiger partial charge in [-0.2, -0.15) is 0 Å². The average Bonchev–Trinajstić information content (AvgIpc) is 0. The van der Waals surface area contributed by atoms with Crippen molar-refractivity contribution in [3.05, 3.63) is 0 Å². The third-order valence-corrected chi connectivity index (χ3v) is 0. The Morgan fingerprint density at radius 2 is 0.286 bits per heavy atom. The number of halogens is 4. The Kier molecular flexibility index (Phi) is 372. The first-order chi connectivity index (χ1) is 0. The summed E-state index contributed by atoms with van der Waals surface area (Å²) in [5.74, 6) is 0. The van der Waals surface area contributed by atoms with Gasteiger partial charge in [-0.3, -0.25) is 0 Å². The van der Waals surface area contributed by atoms with Crippen LogP contribution >= 0.6 is 67.9 Å². The summed E-state index contributed by atoms with van der Waals surface area (Å²) in [4.78, 5) is 0. The summed E-state index contributed by atoms with van der Waals surface area (Å²) in [5.41, 5.74) is 0. The molecule has 0 unspecified atom stereocenters. The van der Waals surface area contributed by atoms with Crippen LogP contribution in [0.3, 0.4) is 0 Å². The third kappa shape index (κ3) is 35.9. The van der Waals surface area contributed by atoms with Gasteiger partial charge in [0.1, 0.15) is 0 Å². The Labute approximate surface area is 153 Å². The van der Waals surface area contributed by atoms with Crippen molar-refractivity contribution in [2.24, 2.45) is 0 Å². The van der Waals surface area contributed by atoms with Crippen LogP contribution in [0.4, 0.5) is 0 Å². The van der Waals surface area contributed by atoms with Crippen LogP contribution in [0.15, 0.2) is 0 Å². The first kappa shape index (κ1) is 58.7. The molecule has 38 valence electrons. The van der Waals surface area contributed by atoms with E-state index in [2.05, 4.69) is 0 Å². The first-order valence-corrected chi connectivity index (χ1v) is 0. The molecule has 0 amide bonds. The van der Waals surface area contributed by atoms with Gasteiger partial charge in [0.15, 0.2) is 0 Å². The Bertz CT molecular complexity index is 6.90. The molecule has 7 heavy (non-hydrogen) atoms. The van der Waals surface area contributed by atoms with Gasteiger partial charge in [0.05, 0.1) is 0 Å². The van der Waals surface area contributed by atoms with E-state index >= 15 is 0 Å². The first-order valence-electron chi connectivity index (χ1n) is 0. The topological polar surface area (TPSA) is 0 Å². The molecule has 0 aromatic rings. The molecule has 0 aromatic heterocycles. The van der Waals surface area contributed by atoms with E-state index in [1.165, 1.54) is 0 Å². The molecular weight excluding hydrogens is 389 g/mol. The second-order valence-corrected chi connectivity index (χ2v) is 0. The van der Waals surface area contributed by atoms with Gasteiger partial charge in [-0.25, -0.2) is 0 Å². The van der Waals surface area contributed by atoms with Crippen LogP contribution in [0.2, 0.25) is 0 Å². The fourth-order valence-corrected chi connectivity index (χ4v) is 0. The molecular formula is H7Br4Na3. The van der Waals surface area contributed by atoms with E-state index in [1.54, 1.807) is 0 Å². The standard InChI is InChI=1S/4BrH.3Na.3H/h4*1H;;;;;;. The van der Waals surface area contributed by atoms with Crippen LogP contribution in [-0.2, 0) is 0 Å². The van der Waals surface area contributed by atoms with E-state index < -0.39 is 0 Å². The molecule has 0 saturated carbocycles. The van der Waals surface area contributed by atoms with Crippen LogP contribution in [0, 0.1) is 0 Å². The van der Waals surface area contributed by atoms with Crippen molar-refractivity contribution in [3.63, 3.8) is 0 Å². The zero-order valence-corrected chi connectivity index (χ0v) is 8.49. The predicted molar refractivity (Wildman–Crippen MR) is 62.7 cm³/mol. The minimum absolute atomic E-state index is 0. The van der Waals surface area contributed by atoms with Gasteiger partial charge in [0, 0.05) is 0 Å². The normalized spacial score (nSPS) is 0. The maximum absolute atomic E-state index is 0. The van der Waals surface area contributed by atoms with Crippen molar-refractivity contribution in [2.75, 3.05) is 0 Å². The zero-order chi connectivity index (χ0) is 0. The molecule has 7 heteroatoms. The summed E-state index contributed by atoms with van der Waals surface area (Å²) >= 11 is 0. The van der Waals surface area contributed by atoms with Gasteiger partial charge < -0.3 is 0 Å². The molecule has 0 aliphatic carbocycles. The van der Waals surface area contributed by atoms with E-state index in [1.807, 2.05) is 0 Å². The van der Waals surface area contributed by atoms with E-state index in [9.17, 15) is 0 Å². The molecule has 0 N–H and O–H groups in total. The Hall–Kier alpha value is 4.92. The van der Waals surface area contributed by atoms with Crippen molar-refractivity contribution in [3.8, 4) is 0 Å². The Balaban J connectivity index is 0. The van der Waals surface area contributed by atoms with Crippen LogP contribution in [0.1, 0.15) is 0 Å². The van der Waals surface area contributed by atoms with Crippen LogP contribution in [-0.4, -0.2) is 88.7 Å². The molecule has 0 fully saturated rings. The SMILES string of the molecule is Br.Br.Br.Br.[NaH].[NaH].[NaH]. The summed E-state index contributed by atoms with van der Waals surface area (Å²) in [6.07, 6.45) is 0. The molecule has 0 bridgehead atoms. The van der Waals surface area contributed by atoms with Gasteiger partial charge >= 0.3 is 88.7 Å². The van der Waals surface area contributed by atoms with E-state index in [0.717, 1.165) is 0 Å². The van der Waals surface area contributed by atoms with Gasteiger partial charge in [-0.1, -0.05) is 0 Å². The molecule has 0 aliphatic heterocycles. The van der Waals surface area contributed by atoms with Crippen molar-refractivity contribution >= 4 is 157 Å². The van der Waals surface area contributed by atoms with E-state index in [4.69, 9.17) is 0 Å². The zero-order valence-electron chi connectivity index (χ0n) is 1.63. The van der Waals surface area contributed by atoms with Gasteiger partial charge in [0.2, 0.25) is 0 Å². The third-order valence-electron chi connectivity index (χ3n) is 0. The molecule has 0 rings (SSSR count). The summed E-state index contributed by atoms with van der Waals surface area (Å²) in [7, 11) is 0. The molecule has 0 atom stereocenters. The molecule has 0 radical (unpaired) electrons. The molecule has 0 spiro atoms. The van der Waals surface area contributed by atoms with Crippen molar-refractivity contribution in [1.82, 2.24) is 0 Å². The maximum atomic E-state index is 0. The fraction of sp³-hybridized carbons (Fsp3) is 0. The van der Waals surface area contributed by atoms with Crippen molar-refractivity contribution < 1.29 is 0 Å². The molecule has 0 saturated heterocycles. The summed E-state index contributed by atoms with van der Waals surface area (Å²) in [6, 6.07) is 0. The van der Waals surface area contributed by atoms with Gasteiger partial charge in [0.25, 0.3) is 0 Å². The summed E-state index contributed by atoms with van der Waals surface area (Å²) in [5, 5.41) is 0. The Morgan fingerprint density at radius 1 is 0.286 bits per heavy atom.